The van der Waals surface area contributed by atoms with Crippen LogP contribution in [0.1, 0.15) is 41.0 Å². The van der Waals surface area contributed by atoms with Gasteiger partial charge < -0.3 is 24.1 Å². The Morgan fingerprint density at radius 2 is 1.79 bits per heavy atom. The van der Waals surface area contributed by atoms with Crippen LogP contribution >= 0.6 is 0 Å². The molecule has 1 heterocycles. The lowest BCUT2D eigenvalue weighted by Gasteiger charge is -2.32. The van der Waals surface area contributed by atoms with Crippen molar-refractivity contribution in [1.29, 1.82) is 0 Å². The Kier molecular flexibility index (Phi) is 7.07. The van der Waals surface area contributed by atoms with Crippen LogP contribution < -0.4 is 0 Å². The van der Waals surface area contributed by atoms with Crippen molar-refractivity contribution in [3.63, 3.8) is 0 Å². The molecule has 24 heavy (non-hydrogen) atoms. The molecule has 0 aromatic rings. The van der Waals surface area contributed by atoms with Crippen molar-refractivity contribution in [2.24, 2.45) is 0 Å². The van der Waals surface area contributed by atoms with Gasteiger partial charge in [-0.05, 0) is 47.1 Å². The minimum absolute atomic E-state index is 0.0761. The van der Waals surface area contributed by atoms with Crippen molar-refractivity contribution >= 4 is 13.2 Å². The summed E-state index contributed by atoms with van der Waals surface area (Å²) in [5.74, 6) is -0.215. The van der Waals surface area contributed by atoms with Crippen LogP contribution in [-0.4, -0.2) is 55.1 Å². The van der Waals surface area contributed by atoms with Crippen molar-refractivity contribution in [2.45, 2.75) is 58.1 Å². The normalized spacial score (nSPS) is 21.2. The Morgan fingerprint density at radius 1 is 1.25 bits per heavy atom. The van der Waals surface area contributed by atoms with Gasteiger partial charge in [0.1, 0.15) is 0 Å². The molecule has 0 aromatic heterocycles. The quantitative estimate of drug-likeness (QED) is 0.458. The third-order valence-corrected chi connectivity index (χ3v) is 4.51. The van der Waals surface area contributed by atoms with Crippen molar-refractivity contribution in [3.8, 4) is 0 Å². The van der Waals surface area contributed by atoms with Gasteiger partial charge in [-0.2, -0.15) is 0 Å². The first kappa shape index (κ1) is 20.7. The molecule has 136 valence electrons. The minimum atomic E-state index is -0.487. The smallest absolute Gasteiger partial charge is 0.419 e. The highest BCUT2D eigenvalue weighted by Gasteiger charge is 2.53. The molecule has 1 amide bonds. The van der Waals surface area contributed by atoms with Crippen molar-refractivity contribution in [3.05, 3.63) is 24.0 Å². The summed E-state index contributed by atoms with van der Waals surface area (Å²) in [6, 6.07) is 0. The number of hydrogen-bond donors (Lipinski definition) is 1. The molecule has 1 atom stereocenters. The first-order valence-corrected chi connectivity index (χ1v) is 8.19. The number of hydrogen-bond acceptors (Lipinski definition) is 5. The molecule has 0 bridgehead atoms. The molecule has 0 spiro atoms. The number of nitrogens with zero attached hydrogens (tertiary/aromatic N) is 1. The lowest BCUT2D eigenvalue weighted by molar-refractivity contribution is 0.00578. The average molecular weight is 339 g/mol. The van der Waals surface area contributed by atoms with Crippen LogP contribution in [-0.2, 0) is 14.0 Å². The molecule has 1 saturated heterocycles. The molecule has 0 radical (unpaired) electrons. The second-order valence-electron chi connectivity index (χ2n) is 7.22. The van der Waals surface area contributed by atoms with Gasteiger partial charge in [0.2, 0.25) is 0 Å². The van der Waals surface area contributed by atoms with E-state index < -0.39 is 24.4 Å². The average Bonchev–Trinajstić information content (AvgIpc) is 2.68. The lowest BCUT2D eigenvalue weighted by Crippen LogP contribution is -2.41. The van der Waals surface area contributed by atoms with E-state index in [-0.39, 0.29) is 12.4 Å². The summed E-state index contributed by atoms with van der Waals surface area (Å²) >= 11 is 0. The summed E-state index contributed by atoms with van der Waals surface area (Å²) < 4.78 is 17.3. The SMILES string of the molecule is C/C(=C\CCO)C(/C=C/OC(=O)N(C)C)B1OC(C)(C)C(C)(C)O1. The largest absolute Gasteiger partial charge is 0.469 e. The van der Waals surface area contributed by atoms with Crippen LogP contribution in [0.4, 0.5) is 4.79 Å². The van der Waals surface area contributed by atoms with E-state index in [1.807, 2.05) is 40.7 Å². The van der Waals surface area contributed by atoms with E-state index in [1.54, 1.807) is 20.2 Å². The molecular formula is C17H30BNO5. The molecule has 0 saturated carbocycles. The molecule has 7 heteroatoms. The van der Waals surface area contributed by atoms with Gasteiger partial charge in [0.15, 0.2) is 0 Å². The van der Waals surface area contributed by atoms with E-state index in [2.05, 4.69) is 0 Å². The zero-order chi connectivity index (χ0) is 18.5. The molecule has 1 fully saturated rings. The first-order chi connectivity index (χ1) is 11.0. The molecule has 6 nitrogen and oxygen atoms in total. The molecular weight excluding hydrogens is 309 g/mol. The van der Waals surface area contributed by atoms with Gasteiger partial charge in [-0.25, -0.2) is 4.79 Å². The van der Waals surface area contributed by atoms with E-state index in [1.165, 1.54) is 11.2 Å². The number of ether oxygens (including phenoxy) is 1. The highest BCUT2D eigenvalue weighted by atomic mass is 16.7. The van der Waals surface area contributed by atoms with Gasteiger partial charge in [-0.3, -0.25) is 0 Å². The van der Waals surface area contributed by atoms with Gasteiger partial charge >= 0.3 is 13.2 Å². The monoisotopic (exact) mass is 339 g/mol. The van der Waals surface area contributed by atoms with Crippen LogP contribution in [0.5, 0.6) is 0 Å². The second-order valence-corrected chi connectivity index (χ2v) is 7.22. The second kappa shape index (κ2) is 8.18. The first-order valence-electron chi connectivity index (χ1n) is 8.19. The van der Waals surface area contributed by atoms with Gasteiger partial charge in [0.25, 0.3) is 0 Å². The zero-order valence-electron chi connectivity index (χ0n) is 15.8. The van der Waals surface area contributed by atoms with E-state index in [9.17, 15) is 4.79 Å². The predicted molar refractivity (Wildman–Crippen MR) is 94.6 cm³/mol. The van der Waals surface area contributed by atoms with E-state index in [0.717, 1.165) is 5.57 Å². The Morgan fingerprint density at radius 3 is 2.25 bits per heavy atom. The molecule has 1 N–H and O–H groups in total. The Hall–Kier alpha value is -1.31. The fourth-order valence-electron chi connectivity index (χ4n) is 2.21. The van der Waals surface area contributed by atoms with E-state index >= 15 is 0 Å². The fourth-order valence-corrected chi connectivity index (χ4v) is 2.21. The number of aliphatic hydroxyl groups excluding tert-OH is 1. The van der Waals surface area contributed by atoms with Gasteiger partial charge in [-0.15, -0.1) is 0 Å². The maximum atomic E-state index is 11.5. The van der Waals surface area contributed by atoms with Crippen LogP contribution in [0.25, 0.3) is 0 Å². The topological polar surface area (TPSA) is 68.2 Å². The van der Waals surface area contributed by atoms with Crippen LogP contribution in [0.3, 0.4) is 0 Å². The molecule has 1 rings (SSSR count). The van der Waals surface area contributed by atoms with Crippen LogP contribution in [0, 0.1) is 0 Å². The predicted octanol–water partition coefficient (Wildman–Crippen LogP) is 2.99. The maximum absolute atomic E-state index is 11.5. The summed E-state index contributed by atoms with van der Waals surface area (Å²) in [5.41, 5.74) is 0.0996. The number of amides is 1. The summed E-state index contributed by atoms with van der Waals surface area (Å²) in [5, 5.41) is 9.04. The standard InChI is InChI=1S/C17H30BNO5/c1-13(9-8-11-20)14(10-12-22-15(21)19(6)7)18-23-16(2,3)17(4,5)24-18/h9-10,12,14,20H,8,11H2,1-7H3/b12-10+,13-9+. The summed E-state index contributed by atoms with van der Waals surface area (Å²) in [7, 11) is 2.75. The summed E-state index contributed by atoms with van der Waals surface area (Å²) in [6.45, 7) is 9.99. The Bertz CT molecular complexity index is 483. The third-order valence-electron chi connectivity index (χ3n) is 4.51. The highest BCUT2D eigenvalue weighted by Crippen LogP contribution is 2.42. The van der Waals surface area contributed by atoms with Crippen molar-refractivity contribution < 1.29 is 23.9 Å². The Labute approximate surface area is 145 Å². The number of rotatable bonds is 6. The van der Waals surface area contributed by atoms with Gasteiger partial charge in [-0.1, -0.05) is 11.6 Å². The van der Waals surface area contributed by atoms with Gasteiger partial charge in [0.05, 0.1) is 17.5 Å². The van der Waals surface area contributed by atoms with Gasteiger partial charge in [0, 0.05) is 26.5 Å². The van der Waals surface area contributed by atoms with Crippen LogP contribution in [0.15, 0.2) is 24.0 Å². The third kappa shape index (κ3) is 5.09. The van der Waals surface area contributed by atoms with Crippen molar-refractivity contribution in [1.82, 2.24) is 4.90 Å². The number of carbonyl (C=O) groups excluding carboxylic acids is 1. The minimum Gasteiger partial charge on any atom is -0.419 e. The lowest BCUT2D eigenvalue weighted by atomic mass is 9.67. The number of allylic oxidation sites excluding steroid dienone is 2. The van der Waals surface area contributed by atoms with E-state index in [4.69, 9.17) is 19.2 Å². The summed E-state index contributed by atoms with van der Waals surface area (Å²) in [6.07, 6.45) is 5.16. The van der Waals surface area contributed by atoms with Crippen molar-refractivity contribution in [2.75, 3.05) is 20.7 Å². The molecule has 1 unspecified atom stereocenters. The molecule has 0 aromatic carbocycles. The molecule has 1 aliphatic heterocycles. The number of carbonyl (C=O) groups is 1. The molecule has 1 aliphatic rings. The summed E-state index contributed by atoms with van der Waals surface area (Å²) in [4.78, 5) is 12.9. The molecule has 0 aliphatic carbocycles. The fraction of sp³-hybridized carbons (Fsp3) is 0.706. The zero-order valence-corrected chi connectivity index (χ0v) is 15.8. The maximum Gasteiger partial charge on any atom is 0.469 e. The number of aliphatic hydroxyl groups is 1. The van der Waals surface area contributed by atoms with E-state index in [0.29, 0.717) is 6.42 Å². The Balaban J connectivity index is 2.95. The highest BCUT2D eigenvalue weighted by molar-refractivity contribution is 6.49. The van der Waals surface area contributed by atoms with Crippen LogP contribution in [0.2, 0.25) is 5.82 Å².